The summed E-state index contributed by atoms with van der Waals surface area (Å²) in [5.41, 5.74) is 5.62. The van der Waals surface area contributed by atoms with Crippen molar-refractivity contribution in [3.05, 3.63) is 9.78 Å². The molecule has 0 aromatic heterocycles. The molecule has 0 radical (unpaired) electrons. The van der Waals surface area contributed by atoms with Crippen LogP contribution >= 0.6 is 22.6 Å². The maximum absolute atomic E-state index is 11.7. The third kappa shape index (κ3) is 2.33. The number of amides is 2. The first kappa shape index (κ1) is 14.0. The monoisotopic (exact) mass is 371 g/mol. The quantitative estimate of drug-likeness (QED) is 0.358. The van der Waals surface area contributed by atoms with Gasteiger partial charge in [-0.1, -0.05) is 0 Å². The number of urea groups is 1. The zero-order chi connectivity index (χ0) is 13.4. The van der Waals surface area contributed by atoms with Crippen molar-refractivity contribution >= 4 is 28.6 Å². The van der Waals surface area contributed by atoms with Gasteiger partial charge in [0.2, 0.25) is 0 Å². The molecule has 2 aliphatic heterocycles. The zero-order valence-corrected chi connectivity index (χ0v) is 11.4. The van der Waals surface area contributed by atoms with Crippen LogP contribution in [0.2, 0.25) is 0 Å². The van der Waals surface area contributed by atoms with Crippen LogP contribution in [0.15, 0.2) is 9.78 Å². The van der Waals surface area contributed by atoms with Gasteiger partial charge in [-0.2, -0.15) is 0 Å². The molecule has 102 valence electrons. The molecule has 1 fully saturated rings. The topological polar surface area (TPSA) is 128 Å². The number of hydrogen-bond acceptors (Lipinski definition) is 6. The van der Waals surface area contributed by atoms with Gasteiger partial charge in [0.1, 0.15) is 24.5 Å². The molecule has 18 heavy (non-hydrogen) atoms. The Labute approximate surface area is 117 Å². The lowest BCUT2D eigenvalue weighted by molar-refractivity contribution is -0.0661. The smallest absolute Gasteiger partial charge is 0.325 e. The molecule has 5 unspecified atom stereocenters. The molecule has 0 aliphatic carbocycles. The predicted molar refractivity (Wildman–Crippen MR) is 68.2 cm³/mol. The van der Waals surface area contributed by atoms with E-state index in [9.17, 15) is 15.0 Å². The Balaban J connectivity index is 2.19. The molecule has 0 aromatic carbocycles. The zero-order valence-electron chi connectivity index (χ0n) is 9.23. The van der Waals surface area contributed by atoms with Crippen molar-refractivity contribution in [1.29, 1.82) is 0 Å². The second kappa shape index (κ2) is 5.27. The molecule has 6 N–H and O–H groups in total. The molecular weight excluding hydrogens is 357 g/mol. The van der Waals surface area contributed by atoms with E-state index in [4.69, 9.17) is 15.6 Å². The van der Waals surface area contributed by atoms with E-state index in [1.807, 2.05) is 22.6 Å². The fourth-order valence-corrected chi connectivity index (χ4v) is 2.30. The van der Waals surface area contributed by atoms with Gasteiger partial charge in [-0.25, -0.2) is 4.79 Å². The molecule has 5 atom stereocenters. The molecule has 2 amide bonds. The number of hydrogen-bond donors (Lipinski definition) is 5. The number of halogens is 1. The highest BCUT2D eigenvalue weighted by atomic mass is 127. The van der Waals surface area contributed by atoms with E-state index in [1.54, 1.807) is 0 Å². The van der Waals surface area contributed by atoms with Gasteiger partial charge in [-0.05, 0) is 22.6 Å². The van der Waals surface area contributed by atoms with Gasteiger partial charge in [-0.15, -0.1) is 0 Å². The highest BCUT2D eigenvalue weighted by molar-refractivity contribution is 14.1. The standard InChI is InChI=1S/C9H14IN3O5/c10-3-1-13(9(17)12-7(3)11)8-6(16)5(15)4(2-14)18-8/h1,4-8,14-16H,2,11H2,(H,12,17). The number of rotatable bonds is 2. The highest BCUT2D eigenvalue weighted by Crippen LogP contribution is 2.27. The van der Waals surface area contributed by atoms with Crippen molar-refractivity contribution in [2.75, 3.05) is 6.61 Å². The Morgan fingerprint density at radius 1 is 1.50 bits per heavy atom. The molecule has 2 aliphatic rings. The van der Waals surface area contributed by atoms with Crippen LogP contribution < -0.4 is 11.1 Å². The van der Waals surface area contributed by atoms with E-state index in [0.717, 1.165) is 4.90 Å². The molecule has 1 saturated heterocycles. The summed E-state index contributed by atoms with van der Waals surface area (Å²) < 4.78 is 5.91. The SMILES string of the molecule is NC1NC(=O)N(C2OC(CO)C(O)C2O)C=C1I. The number of aliphatic hydroxyl groups excluding tert-OH is 3. The van der Waals surface area contributed by atoms with Gasteiger partial charge in [0.15, 0.2) is 6.23 Å². The fraction of sp³-hybridized carbons (Fsp3) is 0.667. The molecule has 0 bridgehead atoms. The van der Waals surface area contributed by atoms with E-state index < -0.39 is 43.3 Å². The van der Waals surface area contributed by atoms with Gasteiger partial charge >= 0.3 is 6.03 Å². The number of nitrogens with zero attached hydrogens (tertiary/aromatic N) is 1. The average molecular weight is 371 g/mol. The van der Waals surface area contributed by atoms with Crippen molar-refractivity contribution in [2.45, 2.75) is 30.7 Å². The lowest BCUT2D eigenvalue weighted by Gasteiger charge is -2.33. The van der Waals surface area contributed by atoms with Gasteiger partial charge in [0, 0.05) is 9.78 Å². The minimum Gasteiger partial charge on any atom is -0.394 e. The number of nitrogens with one attached hydrogen (secondary N) is 1. The first-order valence-corrected chi connectivity index (χ1v) is 6.37. The van der Waals surface area contributed by atoms with Crippen LogP contribution in [0.3, 0.4) is 0 Å². The summed E-state index contributed by atoms with van der Waals surface area (Å²) in [4.78, 5) is 12.9. The number of carbonyl (C=O) groups is 1. The fourth-order valence-electron chi connectivity index (χ4n) is 1.85. The van der Waals surface area contributed by atoms with Crippen LogP contribution in [0.5, 0.6) is 0 Å². The van der Waals surface area contributed by atoms with Crippen molar-refractivity contribution in [2.24, 2.45) is 5.73 Å². The maximum atomic E-state index is 11.7. The Hall–Kier alpha value is -0.460. The lowest BCUT2D eigenvalue weighted by Crippen LogP contribution is -2.56. The largest absolute Gasteiger partial charge is 0.394 e. The minimum atomic E-state index is -1.29. The first-order valence-electron chi connectivity index (χ1n) is 5.29. The van der Waals surface area contributed by atoms with Gasteiger partial charge in [0.25, 0.3) is 0 Å². The third-order valence-corrected chi connectivity index (χ3v) is 3.81. The summed E-state index contributed by atoms with van der Waals surface area (Å²) in [7, 11) is 0. The van der Waals surface area contributed by atoms with E-state index in [-0.39, 0.29) is 0 Å². The second-order valence-electron chi connectivity index (χ2n) is 4.08. The maximum Gasteiger partial charge on any atom is 0.325 e. The number of carbonyl (C=O) groups excluding carboxylic acids is 1. The van der Waals surface area contributed by atoms with Gasteiger partial charge < -0.3 is 31.1 Å². The van der Waals surface area contributed by atoms with Crippen LogP contribution in [-0.2, 0) is 4.74 Å². The van der Waals surface area contributed by atoms with E-state index >= 15 is 0 Å². The minimum absolute atomic E-state index is 0.440. The summed E-state index contributed by atoms with van der Waals surface area (Å²) in [6.07, 6.45) is -3.64. The van der Waals surface area contributed by atoms with Crippen LogP contribution in [-0.4, -0.2) is 63.6 Å². The number of nitrogens with two attached hydrogens (primary N) is 1. The van der Waals surface area contributed by atoms with Crippen molar-refractivity contribution in [1.82, 2.24) is 10.2 Å². The van der Waals surface area contributed by atoms with E-state index in [2.05, 4.69) is 5.32 Å². The molecule has 0 saturated carbocycles. The summed E-state index contributed by atoms with van der Waals surface area (Å²) in [5, 5.41) is 30.9. The molecule has 9 heteroatoms. The number of aliphatic hydroxyl groups is 3. The normalized spacial score (nSPS) is 40.7. The van der Waals surface area contributed by atoms with Crippen LogP contribution in [0, 0.1) is 0 Å². The van der Waals surface area contributed by atoms with Crippen molar-refractivity contribution in [3.8, 4) is 0 Å². The summed E-state index contributed by atoms with van der Waals surface area (Å²) in [6, 6.07) is -0.530. The Morgan fingerprint density at radius 3 is 2.72 bits per heavy atom. The molecule has 8 nitrogen and oxygen atoms in total. The van der Waals surface area contributed by atoms with Gasteiger partial charge in [0.05, 0.1) is 6.61 Å². The Bertz CT molecular complexity index is 379. The summed E-state index contributed by atoms with van der Waals surface area (Å²) in [5.74, 6) is 0. The van der Waals surface area contributed by atoms with Gasteiger partial charge in [-0.3, -0.25) is 4.90 Å². The van der Waals surface area contributed by atoms with Crippen molar-refractivity contribution in [3.63, 3.8) is 0 Å². The molecule has 2 heterocycles. The molecule has 0 aromatic rings. The third-order valence-electron chi connectivity index (χ3n) is 2.86. The highest BCUT2D eigenvalue weighted by Gasteiger charge is 2.47. The first-order chi connectivity index (χ1) is 8.45. The number of ether oxygens (including phenoxy) is 1. The molecular formula is C9H14IN3O5. The van der Waals surface area contributed by atoms with E-state index in [1.165, 1.54) is 6.20 Å². The molecule has 0 spiro atoms. The Morgan fingerprint density at radius 2 is 2.17 bits per heavy atom. The van der Waals surface area contributed by atoms with Crippen LogP contribution in [0.4, 0.5) is 4.79 Å². The van der Waals surface area contributed by atoms with E-state index in [0.29, 0.717) is 3.58 Å². The predicted octanol–water partition coefficient (Wildman–Crippen LogP) is -1.99. The van der Waals surface area contributed by atoms with Crippen molar-refractivity contribution < 1.29 is 24.9 Å². The lowest BCUT2D eigenvalue weighted by atomic mass is 10.1. The average Bonchev–Trinajstić information content (AvgIpc) is 2.61. The van der Waals surface area contributed by atoms with Crippen LogP contribution in [0.1, 0.15) is 0 Å². The second-order valence-corrected chi connectivity index (χ2v) is 5.32. The van der Waals surface area contributed by atoms with Crippen LogP contribution in [0.25, 0.3) is 0 Å². The summed E-state index contributed by atoms with van der Waals surface area (Å²) in [6.45, 7) is -0.440. The Kier molecular flexibility index (Phi) is 4.08. The summed E-state index contributed by atoms with van der Waals surface area (Å²) >= 11 is 1.95. The molecule has 2 rings (SSSR count).